The molecule has 0 bridgehead atoms. The third kappa shape index (κ3) is 42.0. The van der Waals surface area contributed by atoms with Gasteiger partial charge in [-0.05, 0) is 102 Å². The van der Waals surface area contributed by atoms with Gasteiger partial charge in [0, 0.05) is 32.7 Å². The summed E-state index contributed by atoms with van der Waals surface area (Å²) in [5, 5.41) is 77.6. The highest BCUT2D eigenvalue weighted by Crippen LogP contribution is 2.38. The zero-order chi connectivity index (χ0) is 90.7. The molecule has 0 aromatic rings. The number of nitrogens with two attached hydrogens (primary N) is 9. The number of hydrogen-bond acceptors (Lipinski definition) is 25. The fraction of sp³-hybridized carbons (Fsp3) is 0.701. The first-order valence-corrected chi connectivity index (χ1v) is 39.6. The molecular weight excluding hydrogens is 1600 g/mol. The smallest absolute Gasteiger partial charge is 0.469 e. The van der Waals surface area contributed by atoms with E-state index in [-0.39, 0.29) is 121 Å². The lowest BCUT2D eigenvalue weighted by molar-refractivity contribution is -0.144. The Hall–Kier alpha value is -11.4. The summed E-state index contributed by atoms with van der Waals surface area (Å²) in [5.74, 6) is -22.8. The summed E-state index contributed by atoms with van der Waals surface area (Å²) >= 11 is 0. The van der Waals surface area contributed by atoms with Crippen LogP contribution in [0.1, 0.15) is 145 Å². The lowest BCUT2D eigenvalue weighted by atomic mass is 9.96. The van der Waals surface area contributed by atoms with Gasteiger partial charge in [0.2, 0.25) is 76.8 Å². The van der Waals surface area contributed by atoms with Gasteiger partial charge in [0.1, 0.15) is 72.5 Å². The Balaban J connectivity index is 3.77. The van der Waals surface area contributed by atoms with E-state index in [0.29, 0.717) is 6.42 Å². The lowest BCUT2D eigenvalue weighted by Crippen LogP contribution is -2.62. The Morgan fingerprint density at radius 2 is 0.815 bits per heavy atom. The van der Waals surface area contributed by atoms with Crippen molar-refractivity contribution in [3.8, 4) is 0 Å². The topological polar surface area (TPSA) is 872 Å². The number of aliphatic hydroxyl groups excluding tert-OH is 2. The van der Waals surface area contributed by atoms with Crippen LogP contribution in [0.15, 0.2) is 20.0 Å². The molecule has 0 radical (unpaired) electrons. The van der Waals surface area contributed by atoms with Gasteiger partial charge in [-0.15, -0.1) is 0 Å². The number of rotatable bonds is 57. The maximum Gasteiger partial charge on any atom is 0.469 e. The highest BCUT2D eigenvalue weighted by atomic mass is 31.2. The number of nitrogens with one attached hydrogen (secondary N) is 12. The Morgan fingerprint density at radius 1 is 0.454 bits per heavy atom. The molecule has 119 heavy (non-hydrogen) atoms. The predicted molar refractivity (Wildman–Crippen MR) is 424 cm³/mol. The maximum atomic E-state index is 15.0. The van der Waals surface area contributed by atoms with Crippen molar-refractivity contribution in [2.75, 3.05) is 52.5 Å². The average molecular weight is 1720 g/mol. The van der Waals surface area contributed by atoms with Crippen LogP contribution in [-0.4, -0.2) is 296 Å². The van der Waals surface area contributed by atoms with Gasteiger partial charge in [-0.1, -0.05) is 48.0 Å². The van der Waals surface area contributed by atoms with Crippen molar-refractivity contribution in [2.45, 2.75) is 229 Å². The number of aliphatic carboxylic acids is 3. The lowest BCUT2D eigenvalue weighted by Gasteiger charge is -2.33. The van der Waals surface area contributed by atoms with Crippen LogP contribution in [0, 0.1) is 17.8 Å². The van der Waals surface area contributed by atoms with Crippen LogP contribution in [0.4, 0.5) is 0 Å². The third-order valence-corrected chi connectivity index (χ3v) is 18.4. The first kappa shape index (κ1) is 106. The number of carboxylic acid groups (broad SMARTS) is 3. The van der Waals surface area contributed by atoms with Gasteiger partial charge >= 0.3 is 25.7 Å². The van der Waals surface area contributed by atoms with Gasteiger partial charge < -0.3 is 156 Å². The van der Waals surface area contributed by atoms with Crippen LogP contribution >= 0.6 is 7.82 Å². The fourth-order valence-corrected chi connectivity index (χ4v) is 12.1. The number of carbonyl (C=O) groups is 16. The first-order chi connectivity index (χ1) is 55.6. The van der Waals surface area contributed by atoms with E-state index in [1.807, 2.05) is 0 Å². The van der Waals surface area contributed by atoms with E-state index < -0.39 is 250 Å². The molecule has 52 heteroatoms. The molecule has 1 heterocycles. The summed E-state index contributed by atoms with van der Waals surface area (Å²) in [6, 6.07) is -22.6. The van der Waals surface area contributed by atoms with E-state index in [1.54, 1.807) is 41.5 Å². The van der Waals surface area contributed by atoms with E-state index >= 15 is 4.79 Å². The summed E-state index contributed by atoms with van der Waals surface area (Å²) in [7, 11) is -5.64. The first-order valence-electron chi connectivity index (χ1n) is 38.1. The van der Waals surface area contributed by atoms with Crippen molar-refractivity contribution in [3.05, 3.63) is 0 Å². The van der Waals surface area contributed by atoms with E-state index in [2.05, 4.69) is 83.8 Å². The molecule has 1 saturated heterocycles. The van der Waals surface area contributed by atoms with Crippen molar-refractivity contribution in [1.82, 2.24) is 68.7 Å². The maximum absolute atomic E-state index is 15.0. The average Bonchev–Trinajstić information content (AvgIpc) is 1.73. The molecule has 674 valence electrons. The molecule has 0 saturated carbocycles. The van der Waals surface area contributed by atoms with Crippen LogP contribution in [0.25, 0.3) is 0 Å². The summed E-state index contributed by atoms with van der Waals surface area (Å²) in [5.41, 5.74) is 49.1. The number of carbonyl (C=O) groups excluding carboxylic acids is 13. The van der Waals surface area contributed by atoms with Gasteiger partial charge in [-0.25, -0.2) is 9.36 Å². The van der Waals surface area contributed by atoms with E-state index in [4.69, 9.17) is 56.1 Å². The minimum Gasteiger partial charge on any atom is -0.481 e. The van der Waals surface area contributed by atoms with E-state index in [9.17, 15) is 112 Å². The molecule has 15 atom stereocenters. The molecule has 0 spiro atoms. The number of phosphoric ester groups is 1. The minimum atomic E-state index is -5.64. The van der Waals surface area contributed by atoms with Gasteiger partial charge in [0.05, 0.1) is 44.7 Å². The summed E-state index contributed by atoms with van der Waals surface area (Å²) in [6.07, 6.45) is -5.43. The minimum absolute atomic E-state index is 0.0206. The second-order valence-electron chi connectivity index (χ2n) is 28.7. The van der Waals surface area contributed by atoms with Gasteiger partial charge in [-0.3, -0.25) is 96.4 Å². The van der Waals surface area contributed by atoms with Crippen molar-refractivity contribution in [2.24, 2.45) is 89.3 Å². The number of likely N-dealkylation sites (tertiary alicyclic amines) is 1. The molecule has 0 aromatic carbocycles. The second-order valence-corrected chi connectivity index (χ2v) is 29.9. The van der Waals surface area contributed by atoms with Gasteiger partial charge in [0.15, 0.2) is 23.8 Å². The van der Waals surface area contributed by atoms with Crippen molar-refractivity contribution >= 4 is 126 Å². The molecule has 0 aromatic heterocycles. The molecule has 37 N–H and O–H groups in total. The van der Waals surface area contributed by atoms with Crippen LogP contribution in [0.3, 0.4) is 0 Å². The monoisotopic (exact) mass is 1720 g/mol. The Bertz CT molecular complexity index is 3630. The normalized spacial score (nSPS) is 16.0. The molecule has 51 nitrogen and oxygen atoms in total. The third-order valence-electron chi connectivity index (χ3n) is 17.8. The molecule has 1 fully saturated rings. The summed E-state index contributed by atoms with van der Waals surface area (Å²) in [4.78, 5) is 255. The molecular formula is C67H121N26O25P. The number of carboxylic acids is 3. The van der Waals surface area contributed by atoms with Crippen LogP contribution in [0.2, 0.25) is 0 Å². The van der Waals surface area contributed by atoms with E-state index in [1.165, 1.54) is 0 Å². The molecule has 13 amide bonds. The number of phosphoric acid groups is 1. The molecule has 1 aliphatic heterocycles. The van der Waals surface area contributed by atoms with Crippen LogP contribution in [-0.2, 0) is 85.8 Å². The van der Waals surface area contributed by atoms with Crippen molar-refractivity contribution < 1.29 is 121 Å². The quantitative estimate of drug-likeness (QED) is 0.0116. The van der Waals surface area contributed by atoms with Crippen molar-refractivity contribution in [3.63, 3.8) is 0 Å². The summed E-state index contributed by atoms with van der Waals surface area (Å²) < 4.78 is 17.2. The second kappa shape index (κ2) is 53.8. The highest BCUT2D eigenvalue weighted by Gasteiger charge is 2.44. The Labute approximate surface area is 685 Å². The SMILES string of the molecule is CC[C@H](C)[C@H](NC(=O)[C@@H]1CCCN1C(=O)[C@H](CCCN=C(N)N)NC(=O)[C@@H](NC(=O)[C@H](CC(=O)O)NC(=O)[C@H](CC(C)C)NC(=O)[C@H](CCCN=C(N)N)NC(=O)[C@H](CO)NC(=O)CNC(=O)[C@@H](N)CCCN=C(N)N)[C@@H](C)OP(=O)(O)O)C(=O)N[C@@H](CC(C)C)C(=O)N[C@@H](CC(=O)O)C(=O)N[C@@H](CO)C(=O)N[C@@H](CCCN=C(N)N)C(=O)O. The number of hydrogen-bond donors (Lipinski definition) is 28. The Kier molecular flexibility index (Phi) is 47.8. The predicted octanol–water partition coefficient (Wildman–Crippen LogP) is -11.4. The molecule has 0 unspecified atom stereocenters. The largest absolute Gasteiger partial charge is 0.481 e. The molecule has 1 aliphatic rings. The zero-order valence-electron chi connectivity index (χ0n) is 67.4. The number of aliphatic hydroxyl groups is 2. The number of guanidine groups is 4. The number of amides is 13. The number of aliphatic imine (C=N–C) groups is 4. The summed E-state index contributed by atoms with van der Waals surface area (Å²) in [6.45, 7) is 7.17. The van der Waals surface area contributed by atoms with E-state index in [0.717, 1.165) is 11.8 Å². The fourth-order valence-electron chi connectivity index (χ4n) is 11.6. The van der Waals surface area contributed by atoms with Crippen molar-refractivity contribution in [1.29, 1.82) is 0 Å². The van der Waals surface area contributed by atoms with Crippen LogP contribution < -0.4 is 115 Å². The molecule has 1 rings (SSSR count). The van der Waals surface area contributed by atoms with Crippen LogP contribution in [0.5, 0.6) is 0 Å². The number of nitrogens with zero attached hydrogens (tertiary/aromatic N) is 5. The standard InChI is InChI=1S/C67H121N26O25P/c1-8-33(6)49(60(110)89-40(25-32(4)5)54(104)87-41(26-47(97)98)55(105)90-44(30-95)58(108)85-38(63(113)114)17-12-22-80-67(75)76)91-59(109)45-18-13-23-93(45)62(112)37(16-11-21-79-66(73)74)84-61(111)50(34(7)118-119(115,116)117)92-56(106)42(27-48(99)100)88-53(103)39(24-31(2)3)86-52(102)36(15-10-20-78-65(71)72)83-57(107)43(29-94)82-46(96)28-81-51(101)35(68)14-9-19-77-64(69)70/h31-45,49-50,94-95H,8-30,68H2,1-7H3,(H,81,101)(H,82,96)(H,83,107)(H,84,111)(H,85,108)(H,86,102)(H,87,104)(H,88,103)(H,89,110)(H,90,105)(H,91,109)(H,92,106)(H,97,98)(H,99,100)(H,113,114)(H4,69,70,77)(H4,71,72,78)(H4,73,74,79)(H4,75,76,80)(H2,115,116,117)/t33-,34+,35-,36-,37-,38-,39-,40-,41-,42-,43-,44-,45-,49-,50-/m0/s1. The Morgan fingerprint density at radius 3 is 1.24 bits per heavy atom. The van der Waals surface area contributed by atoms with Gasteiger partial charge in [-0.2, -0.15) is 0 Å². The molecule has 0 aliphatic carbocycles. The highest BCUT2D eigenvalue weighted by molar-refractivity contribution is 7.46. The zero-order valence-corrected chi connectivity index (χ0v) is 68.3. The van der Waals surface area contributed by atoms with Gasteiger partial charge in [0.25, 0.3) is 0 Å².